The van der Waals surface area contributed by atoms with Crippen LogP contribution in [0.1, 0.15) is 43.3 Å². The molecule has 0 spiro atoms. The predicted octanol–water partition coefficient (Wildman–Crippen LogP) is 3.56. The third-order valence-electron chi connectivity index (χ3n) is 3.59. The topological polar surface area (TPSA) is 26.3 Å². The lowest BCUT2D eigenvalue weighted by Crippen LogP contribution is -2.51. The zero-order chi connectivity index (χ0) is 14.1. The number of likely N-dealkylation sites (N-methyl/N-ethyl adjacent to an activating group) is 1. The predicted molar refractivity (Wildman–Crippen MR) is 80.6 cm³/mol. The molecule has 0 radical (unpaired) electrons. The van der Waals surface area contributed by atoms with Crippen molar-refractivity contribution in [2.24, 2.45) is 0 Å². The van der Waals surface area contributed by atoms with Gasteiger partial charge in [0.25, 0.3) is 0 Å². The van der Waals surface area contributed by atoms with Crippen molar-refractivity contribution in [2.75, 3.05) is 32.8 Å². The summed E-state index contributed by atoms with van der Waals surface area (Å²) in [5.74, 6) is -0.183. The first-order valence-corrected chi connectivity index (χ1v) is 8.11. The number of carbonyl (C=O) groups is 1. The fourth-order valence-corrected chi connectivity index (χ4v) is 3.17. The summed E-state index contributed by atoms with van der Waals surface area (Å²) in [4.78, 5) is 12.5. The Kier molecular flexibility index (Phi) is 7.10. The maximum absolute atomic E-state index is 11.8. The Morgan fingerprint density at radius 1 is 1.21 bits per heavy atom. The van der Waals surface area contributed by atoms with Gasteiger partial charge < -0.3 is 9.22 Å². The van der Waals surface area contributed by atoms with Gasteiger partial charge in [-0.25, -0.2) is 4.79 Å². The summed E-state index contributed by atoms with van der Waals surface area (Å²) in [6, 6.07) is 3.69. The fraction of sp³-hybridized carbons (Fsp3) is 0.667. The molecule has 0 amide bonds. The largest absolute Gasteiger partial charge is 0.456 e. The molecule has 0 unspecified atom stereocenters. The van der Waals surface area contributed by atoms with E-state index < -0.39 is 0 Å². The molecule has 3 nitrogen and oxygen atoms in total. The second kappa shape index (κ2) is 8.33. The number of carbonyl (C=O) groups excluding carboxylic acids is 1. The molecule has 0 bridgehead atoms. The van der Waals surface area contributed by atoms with E-state index in [-0.39, 0.29) is 5.97 Å². The highest BCUT2D eigenvalue weighted by molar-refractivity contribution is 7.11. The van der Waals surface area contributed by atoms with Crippen LogP contribution in [0.4, 0.5) is 0 Å². The van der Waals surface area contributed by atoms with Gasteiger partial charge in [-0.3, -0.25) is 0 Å². The van der Waals surface area contributed by atoms with Crippen molar-refractivity contribution in [3.8, 4) is 0 Å². The third-order valence-corrected chi connectivity index (χ3v) is 4.44. The number of quaternary nitrogens is 1. The van der Waals surface area contributed by atoms with Crippen LogP contribution in [0.2, 0.25) is 0 Å². The Morgan fingerprint density at radius 2 is 1.89 bits per heavy atom. The zero-order valence-corrected chi connectivity index (χ0v) is 13.2. The van der Waals surface area contributed by atoms with Crippen LogP contribution in [0.25, 0.3) is 0 Å². The molecule has 1 rings (SSSR count). The Labute approximate surface area is 120 Å². The van der Waals surface area contributed by atoms with E-state index in [1.165, 1.54) is 37.3 Å². The van der Waals surface area contributed by atoms with Crippen LogP contribution < -0.4 is 0 Å². The first kappa shape index (κ1) is 16.2. The SMILES string of the molecule is CCC[N+](CC)(CCC)CCOC(=O)c1cccs1. The van der Waals surface area contributed by atoms with Crippen molar-refractivity contribution in [1.82, 2.24) is 0 Å². The van der Waals surface area contributed by atoms with Crippen LogP contribution in [0, 0.1) is 0 Å². The highest BCUT2D eigenvalue weighted by Crippen LogP contribution is 2.12. The number of nitrogens with zero attached hydrogens (tertiary/aromatic N) is 1. The quantitative estimate of drug-likeness (QED) is 0.512. The number of esters is 1. The van der Waals surface area contributed by atoms with Gasteiger partial charge in [0.05, 0.1) is 19.6 Å². The Morgan fingerprint density at radius 3 is 2.37 bits per heavy atom. The molecule has 0 saturated carbocycles. The molecular weight excluding hydrogens is 258 g/mol. The van der Waals surface area contributed by atoms with E-state index in [1.54, 1.807) is 0 Å². The van der Waals surface area contributed by atoms with Gasteiger partial charge in [-0.1, -0.05) is 19.9 Å². The summed E-state index contributed by atoms with van der Waals surface area (Å²) in [6.07, 6.45) is 2.35. The van der Waals surface area contributed by atoms with E-state index in [0.717, 1.165) is 17.6 Å². The highest BCUT2D eigenvalue weighted by atomic mass is 32.1. The smallest absolute Gasteiger partial charge is 0.348 e. The molecule has 0 N–H and O–H groups in total. The number of ether oxygens (including phenoxy) is 1. The molecule has 0 aliphatic heterocycles. The van der Waals surface area contributed by atoms with Crippen LogP contribution in [-0.4, -0.2) is 43.2 Å². The van der Waals surface area contributed by atoms with E-state index in [0.29, 0.717) is 11.5 Å². The summed E-state index contributed by atoms with van der Waals surface area (Å²) >= 11 is 1.44. The van der Waals surface area contributed by atoms with Crippen LogP contribution >= 0.6 is 11.3 Å². The van der Waals surface area contributed by atoms with Crippen LogP contribution in [-0.2, 0) is 4.74 Å². The summed E-state index contributed by atoms with van der Waals surface area (Å²) in [6.45, 7) is 11.6. The second-order valence-corrected chi connectivity index (χ2v) is 5.89. The first-order valence-electron chi connectivity index (χ1n) is 7.23. The molecule has 1 aromatic heterocycles. The molecule has 0 aliphatic carbocycles. The maximum atomic E-state index is 11.8. The van der Waals surface area contributed by atoms with E-state index in [1.807, 2.05) is 17.5 Å². The van der Waals surface area contributed by atoms with Crippen molar-refractivity contribution in [3.63, 3.8) is 0 Å². The molecular formula is C15H26NO2S+. The van der Waals surface area contributed by atoms with Gasteiger partial charge in [-0.05, 0) is 31.2 Å². The molecule has 19 heavy (non-hydrogen) atoms. The zero-order valence-electron chi connectivity index (χ0n) is 12.4. The lowest BCUT2D eigenvalue weighted by atomic mass is 10.2. The van der Waals surface area contributed by atoms with Gasteiger partial charge in [0.15, 0.2) is 0 Å². The first-order chi connectivity index (χ1) is 9.17. The molecule has 0 aromatic carbocycles. The molecule has 0 fully saturated rings. The molecule has 4 heteroatoms. The molecule has 0 saturated heterocycles. The van der Waals surface area contributed by atoms with E-state index >= 15 is 0 Å². The Balaban J connectivity index is 2.45. The molecule has 0 atom stereocenters. The van der Waals surface area contributed by atoms with E-state index in [9.17, 15) is 4.79 Å². The third kappa shape index (κ3) is 4.96. The number of rotatable bonds is 9. The second-order valence-electron chi connectivity index (χ2n) is 4.94. The van der Waals surface area contributed by atoms with E-state index in [4.69, 9.17) is 4.74 Å². The molecule has 108 valence electrons. The van der Waals surface area contributed by atoms with Crippen LogP contribution in [0.5, 0.6) is 0 Å². The van der Waals surface area contributed by atoms with Crippen molar-refractivity contribution in [3.05, 3.63) is 22.4 Å². The molecule has 0 aliphatic rings. The van der Waals surface area contributed by atoms with Crippen molar-refractivity contribution < 1.29 is 14.0 Å². The molecule has 1 aromatic rings. The average molecular weight is 284 g/mol. The maximum Gasteiger partial charge on any atom is 0.348 e. The lowest BCUT2D eigenvalue weighted by molar-refractivity contribution is -0.926. The summed E-state index contributed by atoms with van der Waals surface area (Å²) < 4.78 is 6.45. The minimum absolute atomic E-state index is 0.183. The van der Waals surface area contributed by atoms with Crippen LogP contribution in [0.15, 0.2) is 17.5 Å². The Hall–Kier alpha value is -0.870. The van der Waals surface area contributed by atoms with Gasteiger partial charge >= 0.3 is 5.97 Å². The average Bonchev–Trinajstić information content (AvgIpc) is 2.93. The number of hydrogen-bond acceptors (Lipinski definition) is 3. The van der Waals surface area contributed by atoms with Gasteiger partial charge in [-0.2, -0.15) is 0 Å². The van der Waals surface area contributed by atoms with E-state index in [2.05, 4.69) is 20.8 Å². The minimum Gasteiger partial charge on any atom is -0.456 e. The lowest BCUT2D eigenvalue weighted by Gasteiger charge is -2.37. The monoisotopic (exact) mass is 284 g/mol. The van der Waals surface area contributed by atoms with Crippen molar-refractivity contribution in [2.45, 2.75) is 33.6 Å². The van der Waals surface area contributed by atoms with Gasteiger partial charge in [0.1, 0.15) is 18.0 Å². The molecule has 1 heterocycles. The van der Waals surface area contributed by atoms with Crippen molar-refractivity contribution >= 4 is 17.3 Å². The van der Waals surface area contributed by atoms with Gasteiger partial charge in [0, 0.05) is 0 Å². The normalized spacial score (nSPS) is 11.5. The van der Waals surface area contributed by atoms with Gasteiger partial charge in [-0.15, -0.1) is 11.3 Å². The van der Waals surface area contributed by atoms with Crippen LogP contribution in [0.3, 0.4) is 0 Å². The van der Waals surface area contributed by atoms with Gasteiger partial charge in [0.2, 0.25) is 0 Å². The van der Waals surface area contributed by atoms with Crippen molar-refractivity contribution in [1.29, 1.82) is 0 Å². The summed E-state index contributed by atoms with van der Waals surface area (Å²) in [7, 11) is 0. The number of thiophene rings is 1. The summed E-state index contributed by atoms with van der Waals surface area (Å²) in [5.41, 5.74) is 0. The standard InChI is InChI=1S/C15H26NO2S/c1-4-9-16(6-3,10-5-2)11-12-18-15(17)14-8-7-13-19-14/h7-8,13H,4-6,9-12H2,1-3H3/q+1. The minimum atomic E-state index is -0.183. The summed E-state index contributed by atoms with van der Waals surface area (Å²) in [5, 5.41) is 1.90. The highest BCUT2D eigenvalue weighted by Gasteiger charge is 2.23. The Bertz CT molecular complexity index is 356. The fourth-order valence-electron chi connectivity index (χ4n) is 2.56. The number of hydrogen-bond donors (Lipinski definition) is 0.